The lowest BCUT2D eigenvalue weighted by Gasteiger charge is -2.03. The summed E-state index contributed by atoms with van der Waals surface area (Å²) in [4.78, 5) is 22.3. The first kappa shape index (κ1) is 13.7. The van der Waals surface area contributed by atoms with Crippen LogP contribution in [0.2, 0.25) is 0 Å². The molecule has 9 heteroatoms. The largest absolute Gasteiger partial charge is 0.476 e. The quantitative estimate of drug-likeness (QED) is 0.750. The molecule has 0 atom stereocenters. The molecule has 0 aliphatic carbocycles. The number of hydrogen-bond acceptors (Lipinski definition) is 5. The van der Waals surface area contributed by atoms with E-state index in [-0.39, 0.29) is 18.1 Å². The predicted molar refractivity (Wildman–Crippen MR) is 66.8 cm³/mol. The molecule has 0 radical (unpaired) electrons. The highest BCUT2D eigenvalue weighted by Crippen LogP contribution is 2.03. The minimum absolute atomic E-state index is 0.0837. The zero-order chi connectivity index (χ0) is 14.7. The van der Waals surface area contributed by atoms with E-state index in [1.807, 2.05) is 13.1 Å². The van der Waals surface area contributed by atoms with Crippen LogP contribution < -0.4 is 5.32 Å². The number of rotatable bonds is 5. The molecular weight excluding hydrogens is 264 g/mol. The summed E-state index contributed by atoms with van der Waals surface area (Å²) in [6.07, 6.45) is 3.03. The van der Waals surface area contributed by atoms with Crippen molar-refractivity contribution in [2.75, 3.05) is 0 Å². The summed E-state index contributed by atoms with van der Waals surface area (Å²) in [6.45, 7) is 2.14. The molecule has 0 aromatic carbocycles. The molecule has 0 aliphatic heterocycles. The lowest BCUT2D eigenvalue weighted by atomic mass is 10.2. The van der Waals surface area contributed by atoms with Crippen LogP contribution >= 0.6 is 0 Å². The van der Waals surface area contributed by atoms with Gasteiger partial charge in [0.1, 0.15) is 6.54 Å². The maximum Gasteiger partial charge on any atom is 0.358 e. The monoisotopic (exact) mass is 278 g/mol. The molecular formula is C11H14N6O3. The van der Waals surface area contributed by atoms with E-state index in [1.54, 1.807) is 11.7 Å². The van der Waals surface area contributed by atoms with Gasteiger partial charge in [0.15, 0.2) is 5.69 Å². The Morgan fingerprint density at radius 3 is 2.70 bits per heavy atom. The second-order valence-electron chi connectivity index (χ2n) is 4.30. The van der Waals surface area contributed by atoms with Crippen molar-refractivity contribution in [3.63, 3.8) is 0 Å². The van der Waals surface area contributed by atoms with Crippen LogP contribution in [-0.4, -0.2) is 41.8 Å². The molecule has 2 aromatic rings. The SMILES string of the molecule is Cc1nn(C)cc1CNC(=O)Cn1cc(C(=O)O)nn1. The van der Waals surface area contributed by atoms with E-state index < -0.39 is 5.97 Å². The molecule has 106 valence electrons. The third kappa shape index (κ3) is 3.19. The normalized spacial score (nSPS) is 10.5. The third-order valence-corrected chi connectivity index (χ3v) is 2.65. The number of hydrogen-bond donors (Lipinski definition) is 2. The second kappa shape index (κ2) is 5.51. The molecule has 0 saturated carbocycles. The first-order valence-electron chi connectivity index (χ1n) is 5.85. The summed E-state index contributed by atoms with van der Waals surface area (Å²) in [7, 11) is 1.81. The Balaban J connectivity index is 1.89. The third-order valence-electron chi connectivity index (χ3n) is 2.65. The number of carbonyl (C=O) groups excluding carboxylic acids is 1. The average molecular weight is 278 g/mol. The van der Waals surface area contributed by atoms with E-state index in [0.29, 0.717) is 6.54 Å². The van der Waals surface area contributed by atoms with Crippen LogP contribution in [0.4, 0.5) is 0 Å². The van der Waals surface area contributed by atoms with Crippen LogP contribution in [-0.2, 0) is 24.9 Å². The highest BCUT2D eigenvalue weighted by molar-refractivity contribution is 5.84. The molecule has 0 saturated heterocycles. The summed E-state index contributed by atoms with van der Waals surface area (Å²) in [5.41, 5.74) is 1.58. The van der Waals surface area contributed by atoms with Gasteiger partial charge in [0.2, 0.25) is 5.91 Å². The fourth-order valence-corrected chi connectivity index (χ4v) is 1.69. The van der Waals surface area contributed by atoms with Gasteiger partial charge in [0.25, 0.3) is 0 Å². The number of nitrogens with zero attached hydrogens (tertiary/aromatic N) is 5. The Morgan fingerprint density at radius 1 is 1.40 bits per heavy atom. The van der Waals surface area contributed by atoms with Gasteiger partial charge in [-0.2, -0.15) is 5.10 Å². The molecule has 0 fully saturated rings. The molecule has 9 nitrogen and oxygen atoms in total. The smallest absolute Gasteiger partial charge is 0.358 e. The van der Waals surface area contributed by atoms with Crippen LogP contribution in [0.1, 0.15) is 21.7 Å². The van der Waals surface area contributed by atoms with Gasteiger partial charge < -0.3 is 10.4 Å². The van der Waals surface area contributed by atoms with Gasteiger partial charge in [0.05, 0.1) is 11.9 Å². The average Bonchev–Trinajstić information content (AvgIpc) is 2.94. The summed E-state index contributed by atoms with van der Waals surface area (Å²) in [5.74, 6) is -1.46. The molecule has 0 unspecified atom stereocenters. The minimum Gasteiger partial charge on any atom is -0.476 e. The molecule has 20 heavy (non-hydrogen) atoms. The predicted octanol–water partition coefficient (Wildman–Crippen LogP) is -0.665. The Bertz CT molecular complexity index is 644. The summed E-state index contributed by atoms with van der Waals surface area (Å²) < 4.78 is 2.85. The number of aryl methyl sites for hydroxylation is 2. The molecule has 2 rings (SSSR count). The van der Waals surface area contributed by atoms with Crippen molar-refractivity contribution in [3.8, 4) is 0 Å². The Hall–Kier alpha value is -2.71. The highest BCUT2D eigenvalue weighted by Gasteiger charge is 2.11. The first-order chi connectivity index (χ1) is 9.45. The maximum absolute atomic E-state index is 11.7. The van der Waals surface area contributed by atoms with Gasteiger partial charge in [-0.25, -0.2) is 9.48 Å². The number of carbonyl (C=O) groups is 2. The molecule has 0 spiro atoms. The fourth-order valence-electron chi connectivity index (χ4n) is 1.69. The number of aromatic nitrogens is 5. The van der Waals surface area contributed by atoms with Crippen LogP contribution in [0.5, 0.6) is 0 Å². The number of amides is 1. The van der Waals surface area contributed by atoms with Gasteiger partial charge >= 0.3 is 5.97 Å². The van der Waals surface area contributed by atoms with Gasteiger partial charge in [-0.1, -0.05) is 5.21 Å². The van der Waals surface area contributed by atoms with Crippen molar-refractivity contribution in [2.24, 2.45) is 7.05 Å². The summed E-state index contributed by atoms with van der Waals surface area (Å²) in [6, 6.07) is 0. The topological polar surface area (TPSA) is 115 Å². The number of aromatic carboxylic acids is 1. The van der Waals surface area contributed by atoms with Crippen molar-refractivity contribution < 1.29 is 14.7 Å². The standard InChI is InChI=1S/C11H14N6O3/c1-7-8(4-16(2)14-7)3-12-10(18)6-17-5-9(11(19)20)13-15-17/h4-5H,3,6H2,1-2H3,(H,12,18)(H,19,20). The fraction of sp³-hybridized carbons (Fsp3) is 0.364. The molecule has 2 heterocycles. The molecule has 2 aromatic heterocycles. The minimum atomic E-state index is -1.18. The van der Waals surface area contributed by atoms with Crippen molar-refractivity contribution in [1.82, 2.24) is 30.1 Å². The van der Waals surface area contributed by atoms with Crippen LogP contribution in [0, 0.1) is 6.92 Å². The van der Waals surface area contributed by atoms with Crippen molar-refractivity contribution >= 4 is 11.9 Å². The van der Waals surface area contributed by atoms with Gasteiger partial charge in [0, 0.05) is 25.4 Å². The second-order valence-corrected chi connectivity index (χ2v) is 4.30. The van der Waals surface area contributed by atoms with Gasteiger partial charge in [-0.15, -0.1) is 5.10 Å². The highest BCUT2D eigenvalue weighted by atomic mass is 16.4. The zero-order valence-corrected chi connectivity index (χ0v) is 11.1. The van der Waals surface area contributed by atoms with E-state index in [4.69, 9.17) is 5.11 Å². The van der Waals surface area contributed by atoms with Crippen LogP contribution in [0.3, 0.4) is 0 Å². The van der Waals surface area contributed by atoms with Gasteiger partial charge in [-0.05, 0) is 6.92 Å². The van der Waals surface area contributed by atoms with Gasteiger partial charge in [-0.3, -0.25) is 9.48 Å². The van der Waals surface area contributed by atoms with Crippen LogP contribution in [0.25, 0.3) is 0 Å². The number of carboxylic acid groups (broad SMARTS) is 1. The van der Waals surface area contributed by atoms with Crippen molar-refractivity contribution in [1.29, 1.82) is 0 Å². The molecule has 0 bridgehead atoms. The van der Waals surface area contributed by atoms with Crippen molar-refractivity contribution in [3.05, 3.63) is 29.3 Å². The van der Waals surface area contributed by atoms with E-state index in [1.165, 1.54) is 10.9 Å². The van der Waals surface area contributed by atoms with Crippen LogP contribution in [0.15, 0.2) is 12.4 Å². The van der Waals surface area contributed by atoms with E-state index >= 15 is 0 Å². The number of carboxylic acids is 1. The Labute approximate surface area is 114 Å². The van der Waals surface area contributed by atoms with E-state index in [9.17, 15) is 9.59 Å². The van der Waals surface area contributed by atoms with Crippen molar-refractivity contribution in [2.45, 2.75) is 20.0 Å². The lowest BCUT2D eigenvalue weighted by Crippen LogP contribution is -2.27. The summed E-state index contributed by atoms with van der Waals surface area (Å²) >= 11 is 0. The number of nitrogens with one attached hydrogen (secondary N) is 1. The maximum atomic E-state index is 11.7. The molecule has 0 aliphatic rings. The summed E-state index contributed by atoms with van der Waals surface area (Å²) in [5, 5.41) is 22.6. The Kier molecular flexibility index (Phi) is 3.78. The zero-order valence-electron chi connectivity index (χ0n) is 11.1. The molecule has 1 amide bonds. The van der Waals surface area contributed by atoms with E-state index in [0.717, 1.165) is 11.3 Å². The molecule has 2 N–H and O–H groups in total. The first-order valence-corrected chi connectivity index (χ1v) is 5.85. The van der Waals surface area contributed by atoms with E-state index in [2.05, 4.69) is 20.7 Å². The Morgan fingerprint density at radius 2 is 2.15 bits per heavy atom. The lowest BCUT2D eigenvalue weighted by molar-refractivity contribution is -0.122.